The molecule has 92 valence electrons. The van der Waals surface area contributed by atoms with Gasteiger partial charge >= 0.3 is 6.18 Å². The summed E-state index contributed by atoms with van der Waals surface area (Å²) in [7, 11) is 0. The van der Waals surface area contributed by atoms with Crippen LogP contribution < -0.4 is 11.1 Å². The Balaban J connectivity index is 2.11. The Hall–Kier alpha value is -1.50. The normalized spacial score (nSPS) is 11.9. The maximum absolute atomic E-state index is 12.0. The highest BCUT2D eigenvalue weighted by Crippen LogP contribution is 2.30. The van der Waals surface area contributed by atoms with Crippen LogP contribution >= 0.6 is 11.3 Å². The van der Waals surface area contributed by atoms with Gasteiger partial charge in [-0.2, -0.15) is 13.2 Å². The molecule has 0 saturated carbocycles. The second-order valence-electron chi connectivity index (χ2n) is 3.52. The highest BCUT2D eigenvalue weighted by atomic mass is 32.1. The topological polar surface area (TPSA) is 50.9 Å². The molecule has 0 spiro atoms. The molecule has 0 atom stereocenters. The molecule has 0 bridgehead atoms. The number of halogens is 3. The molecule has 3 nitrogen and oxygen atoms in total. The lowest BCUT2D eigenvalue weighted by molar-refractivity contribution is -0.131. The fourth-order valence-corrected chi connectivity index (χ4v) is 2.14. The number of thiazole rings is 1. The summed E-state index contributed by atoms with van der Waals surface area (Å²) in [5.74, 6) is 0. The predicted molar refractivity (Wildman–Crippen MR) is 63.2 cm³/mol. The van der Waals surface area contributed by atoms with Crippen molar-refractivity contribution in [3.63, 3.8) is 0 Å². The fourth-order valence-electron chi connectivity index (χ4n) is 1.45. The first-order valence-electron chi connectivity index (χ1n) is 4.90. The van der Waals surface area contributed by atoms with Crippen molar-refractivity contribution in [2.45, 2.75) is 12.6 Å². The smallest absolute Gasteiger partial charge is 0.390 e. The number of anilines is 2. The van der Waals surface area contributed by atoms with E-state index in [2.05, 4.69) is 10.3 Å². The largest absolute Gasteiger partial charge is 0.395 e. The number of nitrogen functional groups attached to an aromatic ring is 1. The van der Waals surface area contributed by atoms with Crippen LogP contribution in [0.4, 0.5) is 24.5 Å². The summed E-state index contributed by atoms with van der Waals surface area (Å²) in [4.78, 5) is 4.07. The van der Waals surface area contributed by atoms with Crippen LogP contribution in [0.1, 0.15) is 6.42 Å². The van der Waals surface area contributed by atoms with Crippen molar-refractivity contribution in [3.05, 3.63) is 17.6 Å². The van der Waals surface area contributed by atoms with Gasteiger partial charge in [0.1, 0.15) is 5.52 Å². The van der Waals surface area contributed by atoms with Gasteiger partial charge in [0, 0.05) is 6.54 Å². The number of rotatable bonds is 3. The number of alkyl halides is 3. The van der Waals surface area contributed by atoms with Gasteiger partial charge in [0.2, 0.25) is 0 Å². The van der Waals surface area contributed by atoms with E-state index in [9.17, 15) is 13.2 Å². The summed E-state index contributed by atoms with van der Waals surface area (Å²) in [6.45, 7) is -0.191. The molecular weight excluding hydrogens is 251 g/mol. The summed E-state index contributed by atoms with van der Waals surface area (Å²) < 4.78 is 36.9. The van der Waals surface area contributed by atoms with Crippen molar-refractivity contribution >= 4 is 32.9 Å². The minimum atomic E-state index is -4.16. The van der Waals surface area contributed by atoms with E-state index in [1.807, 2.05) is 0 Å². The highest BCUT2D eigenvalue weighted by molar-refractivity contribution is 7.16. The number of aromatic nitrogens is 1. The van der Waals surface area contributed by atoms with E-state index in [4.69, 9.17) is 5.73 Å². The lowest BCUT2D eigenvalue weighted by atomic mass is 10.2. The standard InChI is InChI=1S/C10H10F3N3S/c11-10(12,13)3-4-15-6-1-2-7-9(8(6)14)16-5-17-7/h1-2,5,15H,3-4,14H2. The molecule has 0 aliphatic carbocycles. The molecule has 2 aromatic rings. The van der Waals surface area contributed by atoms with Crippen LogP contribution in [-0.4, -0.2) is 17.7 Å². The Labute approximate surface area is 99.5 Å². The van der Waals surface area contributed by atoms with Crippen LogP contribution in [0.5, 0.6) is 0 Å². The maximum atomic E-state index is 12.0. The van der Waals surface area contributed by atoms with Gasteiger partial charge in [-0.05, 0) is 12.1 Å². The summed E-state index contributed by atoms with van der Waals surface area (Å²) >= 11 is 1.44. The number of nitrogens with two attached hydrogens (primary N) is 1. The first-order valence-corrected chi connectivity index (χ1v) is 5.77. The molecule has 2 rings (SSSR count). The number of nitrogens with one attached hydrogen (secondary N) is 1. The first kappa shape index (κ1) is 12.0. The molecule has 0 aliphatic heterocycles. The minimum Gasteiger partial charge on any atom is -0.395 e. The molecule has 1 heterocycles. The zero-order chi connectivity index (χ0) is 12.5. The molecule has 0 radical (unpaired) electrons. The third kappa shape index (κ3) is 2.79. The quantitative estimate of drug-likeness (QED) is 0.834. The summed E-state index contributed by atoms with van der Waals surface area (Å²) in [5, 5.41) is 2.67. The second kappa shape index (κ2) is 4.40. The molecule has 17 heavy (non-hydrogen) atoms. The molecule has 0 amide bonds. The number of benzene rings is 1. The lowest BCUT2D eigenvalue weighted by Gasteiger charge is -2.11. The van der Waals surface area contributed by atoms with Crippen LogP contribution in [0.3, 0.4) is 0 Å². The van der Waals surface area contributed by atoms with Crippen molar-refractivity contribution in [1.29, 1.82) is 0 Å². The van der Waals surface area contributed by atoms with Crippen LogP contribution in [0.15, 0.2) is 17.6 Å². The van der Waals surface area contributed by atoms with E-state index in [1.165, 1.54) is 11.3 Å². The van der Waals surface area contributed by atoms with Gasteiger partial charge in [-0.3, -0.25) is 0 Å². The van der Waals surface area contributed by atoms with E-state index < -0.39 is 12.6 Å². The maximum Gasteiger partial charge on any atom is 0.390 e. The van der Waals surface area contributed by atoms with E-state index >= 15 is 0 Å². The van der Waals surface area contributed by atoms with E-state index in [0.717, 1.165) is 4.70 Å². The van der Waals surface area contributed by atoms with Crippen molar-refractivity contribution < 1.29 is 13.2 Å². The number of hydrogen-bond acceptors (Lipinski definition) is 4. The average molecular weight is 261 g/mol. The van der Waals surface area contributed by atoms with Crippen LogP contribution in [0.25, 0.3) is 10.2 Å². The zero-order valence-corrected chi connectivity index (χ0v) is 9.53. The SMILES string of the molecule is Nc1c(NCCC(F)(F)F)ccc2scnc12. The van der Waals surface area contributed by atoms with Gasteiger partial charge in [0.25, 0.3) is 0 Å². The molecule has 1 aromatic carbocycles. The van der Waals surface area contributed by atoms with Gasteiger partial charge in [-0.1, -0.05) is 0 Å². The predicted octanol–water partition coefficient (Wildman–Crippen LogP) is 3.24. The summed E-state index contributed by atoms with van der Waals surface area (Å²) in [6, 6.07) is 3.46. The third-order valence-electron chi connectivity index (χ3n) is 2.27. The molecule has 0 aliphatic rings. The Morgan fingerprint density at radius 3 is 2.82 bits per heavy atom. The Kier molecular flexibility index (Phi) is 3.10. The van der Waals surface area contributed by atoms with Crippen LogP contribution in [-0.2, 0) is 0 Å². The van der Waals surface area contributed by atoms with Gasteiger partial charge < -0.3 is 11.1 Å². The molecule has 0 unspecified atom stereocenters. The monoisotopic (exact) mass is 261 g/mol. The molecule has 3 N–H and O–H groups in total. The molecule has 1 aromatic heterocycles. The van der Waals surface area contributed by atoms with E-state index in [1.54, 1.807) is 17.6 Å². The van der Waals surface area contributed by atoms with Crippen LogP contribution in [0, 0.1) is 0 Å². The third-order valence-corrected chi connectivity index (χ3v) is 3.06. The molecule has 0 fully saturated rings. The van der Waals surface area contributed by atoms with Crippen molar-refractivity contribution in [2.75, 3.05) is 17.6 Å². The fraction of sp³-hybridized carbons (Fsp3) is 0.300. The lowest BCUT2D eigenvalue weighted by Crippen LogP contribution is -2.15. The van der Waals surface area contributed by atoms with E-state index in [0.29, 0.717) is 16.9 Å². The summed E-state index contributed by atoms with van der Waals surface area (Å²) in [5.41, 5.74) is 8.99. The van der Waals surface area contributed by atoms with Gasteiger partial charge in [0.05, 0.1) is 28.0 Å². The number of hydrogen-bond donors (Lipinski definition) is 2. The minimum absolute atomic E-state index is 0.191. The highest BCUT2D eigenvalue weighted by Gasteiger charge is 2.26. The first-order chi connectivity index (χ1) is 7.97. The van der Waals surface area contributed by atoms with Crippen LogP contribution in [0.2, 0.25) is 0 Å². The van der Waals surface area contributed by atoms with Crippen molar-refractivity contribution in [2.24, 2.45) is 0 Å². The van der Waals surface area contributed by atoms with Gasteiger partial charge in [-0.25, -0.2) is 4.98 Å². The molecule has 0 saturated heterocycles. The number of fused-ring (bicyclic) bond motifs is 1. The Bertz CT molecular complexity index is 521. The number of nitrogens with zero attached hydrogens (tertiary/aromatic N) is 1. The summed E-state index contributed by atoms with van der Waals surface area (Å²) in [6.07, 6.45) is -5.05. The van der Waals surface area contributed by atoms with E-state index in [-0.39, 0.29) is 6.54 Å². The van der Waals surface area contributed by atoms with Crippen molar-refractivity contribution in [3.8, 4) is 0 Å². The Morgan fingerprint density at radius 1 is 1.35 bits per heavy atom. The van der Waals surface area contributed by atoms with Crippen molar-refractivity contribution in [1.82, 2.24) is 4.98 Å². The average Bonchev–Trinajstić information content (AvgIpc) is 2.68. The zero-order valence-electron chi connectivity index (χ0n) is 8.71. The van der Waals surface area contributed by atoms with Gasteiger partial charge in [0.15, 0.2) is 0 Å². The molecule has 7 heteroatoms. The molecular formula is C10H10F3N3S. The Morgan fingerprint density at radius 2 is 2.12 bits per heavy atom. The van der Waals surface area contributed by atoms with Gasteiger partial charge in [-0.15, -0.1) is 11.3 Å². The second-order valence-corrected chi connectivity index (χ2v) is 4.40.